The minimum atomic E-state index is -0.197. The molecular weight excluding hydrogens is 380 g/mol. The van der Waals surface area contributed by atoms with Crippen LogP contribution in [0.15, 0.2) is 71.1 Å². The first-order valence-corrected chi connectivity index (χ1v) is 12.2. The molecule has 0 aliphatic heterocycles. The second-order valence-corrected chi connectivity index (χ2v) is 11.0. The van der Waals surface area contributed by atoms with Gasteiger partial charge in [0.25, 0.3) is 0 Å². The molecule has 0 aromatic rings. The van der Waals surface area contributed by atoms with Crippen molar-refractivity contribution in [2.45, 2.75) is 72.1 Å². The Bertz CT molecular complexity index is 955. The summed E-state index contributed by atoms with van der Waals surface area (Å²) in [6.45, 7) is 6.55. The van der Waals surface area contributed by atoms with E-state index in [2.05, 4.69) is 62.5 Å². The highest BCUT2D eigenvalue weighted by atomic mass is 16.5. The lowest BCUT2D eigenvalue weighted by molar-refractivity contribution is -0.137. The Morgan fingerprint density at radius 1 is 1.16 bits per heavy atom. The monoisotopic (exact) mass is 416 g/mol. The molecule has 5 rings (SSSR count). The quantitative estimate of drug-likeness (QED) is 0.439. The smallest absolute Gasteiger partial charge is 0.307 e. The Hall–Kier alpha value is -2.09. The molecule has 2 saturated carbocycles. The number of allylic oxidation sites excluding steroid dienone is 12. The normalized spacial score (nSPS) is 40.2. The summed E-state index contributed by atoms with van der Waals surface area (Å²) in [7, 11) is 0. The lowest BCUT2D eigenvalue weighted by atomic mass is 9.49. The zero-order chi connectivity index (χ0) is 21.6. The van der Waals surface area contributed by atoms with Crippen LogP contribution in [0, 0.1) is 28.6 Å². The molecular formula is C29H36O2. The molecule has 5 unspecified atom stereocenters. The van der Waals surface area contributed by atoms with E-state index < -0.39 is 0 Å². The van der Waals surface area contributed by atoms with Crippen molar-refractivity contribution in [2.24, 2.45) is 28.6 Å². The summed E-state index contributed by atoms with van der Waals surface area (Å²) in [6, 6.07) is 0. The number of ether oxygens (including phenoxy) is 1. The molecule has 164 valence electrons. The van der Waals surface area contributed by atoms with Crippen molar-refractivity contribution in [3.63, 3.8) is 0 Å². The molecule has 2 nitrogen and oxygen atoms in total. The highest BCUT2D eigenvalue weighted by Gasteiger charge is 2.56. The van der Waals surface area contributed by atoms with Crippen molar-refractivity contribution in [1.29, 1.82) is 0 Å². The molecule has 0 N–H and O–H groups in total. The molecule has 0 aromatic carbocycles. The summed E-state index contributed by atoms with van der Waals surface area (Å²) in [5.41, 5.74) is 5.15. The van der Waals surface area contributed by atoms with Gasteiger partial charge in [-0.05, 0) is 90.8 Å². The number of carbonyl (C=O) groups excluding carboxylic acids is 1. The fraction of sp³-hybridized carbons (Fsp3) is 0.552. The van der Waals surface area contributed by atoms with Crippen LogP contribution in [0.5, 0.6) is 0 Å². The third-order valence-corrected chi connectivity index (χ3v) is 9.03. The maximum atomic E-state index is 11.4. The van der Waals surface area contributed by atoms with Crippen molar-refractivity contribution in [2.75, 3.05) is 0 Å². The van der Waals surface area contributed by atoms with Crippen LogP contribution in [0.1, 0.15) is 72.1 Å². The van der Waals surface area contributed by atoms with Crippen molar-refractivity contribution in [3.8, 4) is 0 Å². The molecule has 0 amide bonds. The summed E-state index contributed by atoms with van der Waals surface area (Å²) in [5.74, 6) is 2.99. The van der Waals surface area contributed by atoms with Crippen LogP contribution < -0.4 is 0 Å². The average molecular weight is 417 g/mol. The van der Waals surface area contributed by atoms with Gasteiger partial charge in [-0.2, -0.15) is 0 Å². The van der Waals surface area contributed by atoms with E-state index in [1.165, 1.54) is 50.2 Å². The standard InChI is InChI=1S/C29H36O2/c1-20(30)31-24-12-15-29(3)23(18-24)10-11-25-26(29)13-14-28(2)19-22(17-27(25)28)16-21-8-6-4-5-7-9-21/h4-6,8-10,16,18,25-27H,7,11-15,17,19H2,1-3H3/b22-16+. The Labute approximate surface area is 187 Å². The number of hydrogen-bond donors (Lipinski definition) is 0. The van der Waals surface area contributed by atoms with Crippen LogP contribution in [0.4, 0.5) is 0 Å². The van der Waals surface area contributed by atoms with Gasteiger partial charge in [-0.3, -0.25) is 4.79 Å². The Morgan fingerprint density at radius 3 is 2.87 bits per heavy atom. The SMILES string of the molecule is CC(=O)OC1=CC2=CCC3C4C/C(=C\C5=CCC=CC=C5)CC4(C)CCC3C2(C)CC1. The van der Waals surface area contributed by atoms with Gasteiger partial charge >= 0.3 is 5.97 Å². The maximum absolute atomic E-state index is 11.4. The predicted molar refractivity (Wildman–Crippen MR) is 126 cm³/mol. The van der Waals surface area contributed by atoms with Gasteiger partial charge in [0, 0.05) is 13.3 Å². The Balaban J connectivity index is 1.40. The zero-order valence-corrected chi connectivity index (χ0v) is 19.3. The highest BCUT2D eigenvalue weighted by Crippen LogP contribution is 2.65. The van der Waals surface area contributed by atoms with Gasteiger partial charge in [0.1, 0.15) is 5.76 Å². The topological polar surface area (TPSA) is 26.3 Å². The molecule has 5 aliphatic carbocycles. The summed E-state index contributed by atoms with van der Waals surface area (Å²) in [6.07, 6.45) is 27.7. The van der Waals surface area contributed by atoms with Crippen molar-refractivity contribution >= 4 is 5.97 Å². The van der Waals surface area contributed by atoms with Crippen LogP contribution in [-0.4, -0.2) is 5.97 Å². The van der Waals surface area contributed by atoms with E-state index in [1.54, 1.807) is 5.57 Å². The van der Waals surface area contributed by atoms with Gasteiger partial charge < -0.3 is 4.74 Å². The van der Waals surface area contributed by atoms with Gasteiger partial charge in [-0.1, -0.05) is 62.0 Å². The minimum absolute atomic E-state index is 0.197. The van der Waals surface area contributed by atoms with Gasteiger partial charge in [0.2, 0.25) is 0 Å². The fourth-order valence-electron chi connectivity index (χ4n) is 7.50. The fourth-order valence-corrected chi connectivity index (χ4v) is 7.50. The summed E-state index contributed by atoms with van der Waals surface area (Å²) >= 11 is 0. The van der Waals surface area contributed by atoms with E-state index in [1.807, 2.05) is 0 Å². The number of hydrogen-bond acceptors (Lipinski definition) is 2. The van der Waals surface area contributed by atoms with Gasteiger partial charge in [-0.15, -0.1) is 0 Å². The van der Waals surface area contributed by atoms with E-state index in [9.17, 15) is 4.79 Å². The van der Waals surface area contributed by atoms with Crippen LogP contribution >= 0.6 is 0 Å². The lowest BCUT2D eigenvalue weighted by Crippen LogP contribution is -2.47. The highest BCUT2D eigenvalue weighted by molar-refractivity contribution is 5.67. The molecule has 31 heavy (non-hydrogen) atoms. The van der Waals surface area contributed by atoms with Crippen molar-refractivity contribution < 1.29 is 9.53 Å². The first-order valence-electron chi connectivity index (χ1n) is 12.2. The maximum Gasteiger partial charge on any atom is 0.307 e. The molecule has 0 bridgehead atoms. The molecule has 2 heteroatoms. The minimum Gasteiger partial charge on any atom is -0.431 e. The average Bonchev–Trinajstić information content (AvgIpc) is 2.87. The zero-order valence-electron chi connectivity index (χ0n) is 19.3. The van der Waals surface area contributed by atoms with Gasteiger partial charge in [0.05, 0.1) is 0 Å². The molecule has 5 aliphatic rings. The largest absolute Gasteiger partial charge is 0.431 e. The van der Waals surface area contributed by atoms with E-state index in [0.29, 0.717) is 5.41 Å². The van der Waals surface area contributed by atoms with E-state index in [0.717, 1.165) is 42.8 Å². The Morgan fingerprint density at radius 2 is 2.03 bits per heavy atom. The van der Waals surface area contributed by atoms with E-state index >= 15 is 0 Å². The molecule has 0 saturated heterocycles. The molecule has 5 atom stereocenters. The third-order valence-electron chi connectivity index (χ3n) is 9.03. The predicted octanol–water partition coefficient (Wildman–Crippen LogP) is 7.38. The molecule has 0 spiro atoms. The molecule has 0 radical (unpaired) electrons. The summed E-state index contributed by atoms with van der Waals surface area (Å²) in [4.78, 5) is 11.4. The first-order chi connectivity index (χ1) is 14.9. The summed E-state index contributed by atoms with van der Waals surface area (Å²) < 4.78 is 5.46. The lowest BCUT2D eigenvalue weighted by Gasteiger charge is -2.56. The number of rotatable bonds is 2. The third kappa shape index (κ3) is 3.73. The number of fused-ring (bicyclic) bond motifs is 5. The summed E-state index contributed by atoms with van der Waals surface area (Å²) in [5, 5.41) is 0. The van der Waals surface area contributed by atoms with Crippen molar-refractivity contribution in [1.82, 2.24) is 0 Å². The van der Waals surface area contributed by atoms with Crippen LogP contribution in [0.2, 0.25) is 0 Å². The first kappa shape index (κ1) is 20.8. The second kappa shape index (κ2) is 7.80. The van der Waals surface area contributed by atoms with Crippen LogP contribution in [0.25, 0.3) is 0 Å². The second-order valence-electron chi connectivity index (χ2n) is 11.0. The number of carbonyl (C=O) groups is 1. The molecule has 2 fully saturated rings. The van der Waals surface area contributed by atoms with Gasteiger partial charge in [0.15, 0.2) is 0 Å². The van der Waals surface area contributed by atoms with Gasteiger partial charge in [-0.25, -0.2) is 0 Å². The van der Waals surface area contributed by atoms with Crippen molar-refractivity contribution in [3.05, 3.63) is 71.1 Å². The van der Waals surface area contributed by atoms with E-state index in [-0.39, 0.29) is 11.4 Å². The molecule has 0 aromatic heterocycles. The molecule has 0 heterocycles. The Kier molecular flexibility index (Phi) is 5.23. The van der Waals surface area contributed by atoms with Crippen LogP contribution in [-0.2, 0) is 9.53 Å². The number of esters is 1. The van der Waals surface area contributed by atoms with Crippen LogP contribution in [0.3, 0.4) is 0 Å². The van der Waals surface area contributed by atoms with E-state index in [4.69, 9.17) is 4.74 Å².